The number of nitrogens with one attached hydrogen (secondary N) is 2. The van der Waals surface area contributed by atoms with Gasteiger partial charge in [0, 0.05) is 25.2 Å². The van der Waals surface area contributed by atoms with E-state index >= 15 is 0 Å². The number of aryl methyl sites for hydroxylation is 1. The number of aromatic amines is 1. The Morgan fingerprint density at radius 2 is 2.28 bits per heavy atom. The fourth-order valence-corrected chi connectivity index (χ4v) is 3.35. The number of fused-ring (bicyclic) bond motifs is 2. The molecule has 0 unspecified atom stereocenters. The maximum atomic E-state index is 13.6. The van der Waals surface area contributed by atoms with Crippen LogP contribution in [0.25, 0.3) is 33.5 Å². The van der Waals surface area contributed by atoms with E-state index in [1.165, 1.54) is 18.3 Å². The molecular formula is C19H18FN7O2. The number of H-pyrrole nitrogens is 1. The maximum Gasteiger partial charge on any atom is 0.413 e. The lowest BCUT2D eigenvalue weighted by Crippen LogP contribution is -2.43. The molecule has 4 aromatic rings. The van der Waals surface area contributed by atoms with E-state index in [1.54, 1.807) is 24.0 Å². The molecule has 0 radical (unpaired) electrons. The number of rotatable bonds is 4. The number of hydrogen-bond donors (Lipinski definition) is 3. The molecule has 0 aliphatic heterocycles. The number of nitrogens with zero attached hydrogens (tertiary/aromatic N) is 4. The zero-order valence-corrected chi connectivity index (χ0v) is 15.6. The Bertz CT molecular complexity index is 1260. The van der Waals surface area contributed by atoms with E-state index < -0.39 is 6.09 Å². The molecule has 148 valence electrons. The van der Waals surface area contributed by atoms with Crippen LogP contribution in [0.3, 0.4) is 0 Å². The average Bonchev–Trinajstić information content (AvgIpc) is 3.26. The van der Waals surface area contributed by atoms with E-state index in [0.29, 0.717) is 34.6 Å². The zero-order chi connectivity index (χ0) is 20.2. The van der Waals surface area contributed by atoms with Crippen molar-refractivity contribution in [1.29, 1.82) is 0 Å². The summed E-state index contributed by atoms with van der Waals surface area (Å²) in [7, 11) is 1.73. The monoisotopic (exact) mass is 395 g/mol. The number of nitrogens with two attached hydrogens (primary N) is 1. The summed E-state index contributed by atoms with van der Waals surface area (Å²) in [6.07, 6.45) is 4.19. The molecule has 5 rings (SSSR count). The largest absolute Gasteiger partial charge is 0.413 e. The van der Waals surface area contributed by atoms with Gasteiger partial charge in [-0.25, -0.2) is 19.2 Å². The van der Waals surface area contributed by atoms with Crippen LogP contribution in [-0.4, -0.2) is 42.9 Å². The summed E-state index contributed by atoms with van der Waals surface area (Å²) < 4.78 is 20.6. The van der Waals surface area contributed by atoms with Gasteiger partial charge in [0.1, 0.15) is 17.2 Å². The molecule has 1 fully saturated rings. The average molecular weight is 395 g/mol. The highest BCUT2D eigenvalue weighted by atomic mass is 19.1. The van der Waals surface area contributed by atoms with E-state index in [2.05, 4.69) is 25.4 Å². The highest BCUT2D eigenvalue weighted by Gasteiger charge is 2.43. The van der Waals surface area contributed by atoms with Gasteiger partial charge in [0.25, 0.3) is 0 Å². The molecule has 3 heterocycles. The smallest absolute Gasteiger partial charge is 0.406 e. The third-order valence-electron chi connectivity index (χ3n) is 5.22. The maximum absolute atomic E-state index is 13.6. The van der Waals surface area contributed by atoms with Crippen LogP contribution in [0.15, 0.2) is 30.6 Å². The first kappa shape index (κ1) is 17.6. The van der Waals surface area contributed by atoms with E-state index in [-0.39, 0.29) is 17.1 Å². The Labute approximate surface area is 164 Å². The first-order valence-corrected chi connectivity index (χ1v) is 9.15. The molecule has 1 aliphatic carbocycles. The number of amides is 1. The van der Waals surface area contributed by atoms with Crippen molar-refractivity contribution in [2.75, 3.05) is 6.54 Å². The molecule has 1 aliphatic rings. The van der Waals surface area contributed by atoms with Crippen molar-refractivity contribution in [1.82, 2.24) is 30.0 Å². The lowest BCUT2D eigenvalue weighted by molar-refractivity contribution is 0.195. The Morgan fingerprint density at radius 1 is 1.45 bits per heavy atom. The number of halogens is 1. The summed E-state index contributed by atoms with van der Waals surface area (Å²) in [6, 6.07) is 4.45. The number of aromatic nitrogens is 5. The first-order chi connectivity index (χ1) is 14.0. The summed E-state index contributed by atoms with van der Waals surface area (Å²) in [6.45, 7) is 0.368. The quantitative estimate of drug-likeness (QED) is 0.487. The third-order valence-corrected chi connectivity index (χ3v) is 5.22. The van der Waals surface area contributed by atoms with Crippen molar-refractivity contribution in [2.24, 2.45) is 12.8 Å². The summed E-state index contributed by atoms with van der Waals surface area (Å²) >= 11 is 0. The number of carbonyl (C=O) groups is 1. The molecule has 1 amide bonds. The summed E-state index contributed by atoms with van der Waals surface area (Å²) in [5.74, 6) is -0.0854. The van der Waals surface area contributed by atoms with Gasteiger partial charge in [-0.3, -0.25) is 4.68 Å². The predicted molar refractivity (Wildman–Crippen MR) is 104 cm³/mol. The molecule has 3 aromatic heterocycles. The highest BCUT2D eigenvalue weighted by Crippen LogP contribution is 2.34. The van der Waals surface area contributed by atoms with Gasteiger partial charge >= 0.3 is 6.09 Å². The number of hydrogen-bond acceptors (Lipinski definition) is 6. The fraction of sp³-hybridized carbons (Fsp3) is 0.263. The second-order valence-corrected chi connectivity index (χ2v) is 7.24. The number of carbonyl (C=O) groups excluding carboxylic acids is 1. The molecule has 29 heavy (non-hydrogen) atoms. The summed E-state index contributed by atoms with van der Waals surface area (Å²) in [5.41, 5.74) is 7.90. The van der Waals surface area contributed by atoms with Crippen LogP contribution in [0.1, 0.15) is 12.8 Å². The van der Waals surface area contributed by atoms with Gasteiger partial charge in [0.05, 0.1) is 17.3 Å². The van der Waals surface area contributed by atoms with Gasteiger partial charge in [-0.1, -0.05) is 0 Å². The molecule has 9 nitrogen and oxygen atoms in total. The minimum absolute atomic E-state index is 0.256. The number of ether oxygens (including phenoxy) is 1. The molecule has 4 N–H and O–H groups in total. The topological polar surface area (TPSA) is 124 Å². The van der Waals surface area contributed by atoms with Gasteiger partial charge in [-0.05, 0) is 31.0 Å². The molecule has 1 aromatic carbocycles. The van der Waals surface area contributed by atoms with Crippen molar-refractivity contribution in [3.63, 3.8) is 0 Å². The minimum atomic E-state index is -0.584. The molecular weight excluding hydrogens is 377 g/mol. The van der Waals surface area contributed by atoms with Gasteiger partial charge in [0.2, 0.25) is 0 Å². The normalized spacial score (nSPS) is 15.0. The van der Waals surface area contributed by atoms with Crippen LogP contribution in [-0.2, 0) is 7.05 Å². The molecule has 0 bridgehead atoms. The molecule has 0 spiro atoms. The Hall–Kier alpha value is -3.53. The highest BCUT2D eigenvalue weighted by molar-refractivity contribution is 5.93. The van der Waals surface area contributed by atoms with E-state index in [0.717, 1.165) is 18.2 Å². The minimum Gasteiger partial charge on any atom is -0.406 e. The first-order valence-electron chi connectivity index (χ1n) is 9.15. The van der Waals surface area contributed by atoms with E-state index in [9.17, 15) is 9.18 Å². The van der Waals surface area contributed by atoms with Crippen LogP contribution in [0.4, 0.5) is 9.18 Å². The van der Waals surface area contributed by atoms with Crippen molar-refractivity contribution < 1.29 is 13.9 Å². The lowest BCUT2D eigenvalue weighted by atomic mass is 10.1. The molecule has 0 saturated heterocycles. The SMILES string of the molecule is Cn1nc(-c2cnc3[nH]cc(OC(=O)NC4(CN)CC4)c3n2)c2ccc(F)cc21. The Balaban J connectivity index is 1.51. The van der Waals surface area contributed by atoms with Crippen LogP contribution < -0.4 is 15.8 Å². The molecule has 1 saturated carbocycles. The second-order valence-electron chi connectivity index (χ2n) is 7.24. The fourth-order valence-electron chi connectivity index (χ4n) is 3.35. The summed E-state index contributed by atoms with van der Waals surface area (Å²) in [4.78, 5) is 24.1. The van der Waals surface area contributed by atoms with E-state index in [4.69, 9.17) is 10.5 Å². The van der Waals surface area contributed by atoms with Crippen molar-refractivity contribution >= 4 is 28.2 Å². The van der Waals surface area contributed by atoms with Crippen LogP contribution >= 0.6 is 0 Å². The predicted octanol–water partition coefficient (Wildman–Crippen LogP) is 2.23. The van der Waals surface area contributed by atoms with Gasteiger partial charge in [-0.2, -0.15) is 5.10 Å². The van der Waals surface area contributed by atoms with Gasteiger partial charge in [0.15, 0.2) is 16.9 Å². The van der Waals surface area contributed by atoms with Crippen LogP contribution in [0.5, 0.6) is 5.75 Å². The standard InChI is InChI=1S/C19H18FN7O2/c1-27-13-6-10(20)2-3-11(13)15(26-27)12-7-22-17-16(24-12)14(8-23-17)29-18(28)25-19(9-21)4-5-19/h2-3,6-8H,4-5,9,21H2,1H3,(H,22,23)(H,25,28). The van der Waals surface area contributed by atoms with E-state index in [1.807, 2.05) is 0 Å². The summed E-state index contributed by atoms with van der Waals surface area (Å²) in [5, 5.41) is 8.00. The molecule has 10 heteroatoms. The lowest BCUT2D eigenvalue weighted by Gasteiger charge is -2.13. The van der Waals surface area contributed by atoms with Crippen LogP contribution in [0.2, 0.25) is 0 Å². The Kier molecular flexibility index (Phi) is 3.78. The third kappa shape index (κ3) is 2.97. The zero-order valence-electron chi connectivity index (χ0n) is 15.6. The van der Waals surface area contributed by atoms with Gasteiger partial charge < -0.3 is 20.8 Å². The van der Waals surface area contributed by atoms with Crippen molar-refractivity contribution in [3.8, 4) is 17.1 Å². The van der Waals surface area contributed by atoms with Crippen molar-refractivity contribution in [2.45, 2.75) is 18.4 Å². The second kappa shape index (κ2) is 6.24. The van der Waals surface area contributed by atoms with Crippen LogP contribution in [0, 0.1) is 5.82 Å². The van der Waals surface area contributed by atoms with Gasteiger partial charge in [-0.15, -0.1) is 0 Å². The van der Waals surface area contributed by atoms with Crippen molar-refractivity contribution in [3.05, 3.63) is 36.4 Å². The Morgan fingerprint density at radius 3 is 3.03 bits per heavy atom. The molecule has 0 atom stereocenters. The number of benzene rings is 1.